The largest absolute Gasteiger partial charge is 0.382 e. The Labute approximate surface area is 128 Å². The summed E-state index contributed by atoms with van der Waals surface area (Å²) in [5.41, 5.74) is 1.43. The van der Waals surface area contributed by atoms with E-state index in [1.807, 2.05) is 0 Å². The van der Waals surface area contributed by atoms with Crippen molar-refractivity contribution >= 4 is 10.8 Å². The van der Waals surface area contributed by atoms with Crippen LogP contribution in [0.4, 0.5) is 0 Å². The van der Waals surface area contributed by atoms with Gasteiger partial charge in [-0.2, -0.15) is 0 Å². The molecule has 0 heterocycles. The maximum absolute atomic E-state index is 5.37. The third-order valence-corrected chi connectivity index (χ3v) is 4.16. The van der Waals surface area contributed by atoms with Crippen molar-refractivity contribution in [1.29, 1.82) is 0 Å². The molecule has 2 aromatic carbocycles. The average Bonchev–Trinajstić information content (AvgIpc) is 2.52. The quantitative estimate of drug-likeness (QED) is 0.786. The van der Waals surface area contributed by atoms with E-state index in [0.717, 1.165) is 25.8 Å². The Kier molecular flexibility index (Phi) is 6.21. The number of methoxy groups -OCH3 is 1. The Bertz CT molecular complexity index is 547. The van der Waals surface area contributed by atoms with Gasteiger partial charge in [-0.1, -0.05) is 49.4 Å². The molecule has 0 spiro atoms. The predicted octanol–water partition coefficient (Wildman–Crippen LogP) is 4.18. The second-order valence-corrected chi connectivity index (χ2v) is 5.72. The smallest absolute Gasteiger partial charge is 0.0543 e. The Hall–Kier alpha value is -1.38. The molecular weight excluding hydrogens is 258 g/mol. The molecule has 2 nitrogen and oxygen atoms in total. The van der Waals surface area contributed by atoms with E-state index in [1.165, 1.54) is 16.3 Å². The summed E-state index contributed by atoms with van der Waals surface area (Å²) in [4.78, 5) is 0. The summed E-state index contributed by atoms with van der Waals surface area (Å²) in [6, 6.07) is 15.8. The van der Waals surface area contributed by atoms with Crippen molar-refractivity contribution in [2.45, 2.75) is 45.3 Å². The molecule has 0 radical (unpaired) electrons. The molecule has 2 heteroatoms. The molecule has 0 bridgehead atoms. The van der Waals surface area contributed by atoms with E-state index in [9.17, 15) is 0 Å². The first-order chi connectivity index (χ1) is 10.2. The van der Waals surface area contributed by atoms with Gasteiger partial charge in [0.25, 0.3) is 0 Å². The highest BCUT2D eigenvalue weighted by molar-refractivity contribution is 5.85. The molecule has 0 saturated carbocycles. The van der Waals surface area contributed by atoms with E-state index in [1.54, 1.807) is 7.11 Å². The van der Waals surface area contributed by atoms with Crippen LogP contribution in [0.5, 0.6) is 0 Å². The zero-order valence-corrected chi connectivity index (χ0v) is 13.4. The zero-order chi connectivity index (χ0) is 15.1. The summed E-state index contributed by atoms with van der Waals surface area (Å²) < 4.78 is 5.37. The lowest BCUT2D eigenvalue weighted by atomic mass is 9.96. The van der Waals surface area contributed by atoms with Crippen LogP contribution in [-0.2, 0) is 11.2 Å². The van der Waals surface area contributed by atoms with Gasteiger partial charge in [0, 0.05) is 13.2 Å². The van der Waals surface area contributed by atoms with E-state index < -0.39 is 0 Å². The monoisotopic (exact) mass is 285 g/mol. The van der Waals surface area contributed by atoms with E-state index in [2.05, 4.69) is 61.6 Å². The number of ether oxygens (including phenoxy) is 1. The van der Waals surface area contributed by atoms with Crippen molar-refractivity contribution < 1.29 is 4.74 Å². The maximum Gasteiger partial charge on any atom is 0.0543 e. The average molecular weight is 285 g/mol. The van der Waals surface area contributed by atoms with E-state index in [-0.39, 0.29) is 0 Å². The SMILES string of the molecule is CCNC(CCC(C)OC)Cc1cccc2ccccc12. The van der Waals surface area contributed by atoms with Crippen molar-refractivity contribution in [3.8, 4) is 0 Å². The highest BCUT2D eigenvalue weighted by Crippen LogP contribution is 2.21. The number of hydrogen-bond donors (Lipinski definition) is 1. The van der Waals surface area contributed by atoms with E-state index in [0.29, 0.717) is 12.1 Å². The van der Waals surface area contributed by atoms with Crippen LogP contribution in [0.15, 0.2) is 42.5 Å². The summed E-state index contributed by atoms with van der Waals surface area (Å²) in [6.45, 7) is 5.33. The van der Waals surface area contributed by atoms with Crippen molar-refractivity contribution in [1.82, 2.24) is 5.32 Å². The summed E-state index contributed by atoms with van der Waals surface area (Å²) in [5.74, 6) is 0. The van der Waals surface area contributed by atoms with Crippen LogP contribution in [0.3, 0.4) is 0 Å². The first-order valence-corrected chi connectivity index (χ1v) is 7.97. The Morgan fingerprint density at radius 3 is 2.57 bits per heavy atom. The number of fused-ring (bicyclic) bond motifs is 1. The second-order valence-electron chi connectivity index (χ2n) is 5.72. The summed E-state index contributed by atoms with van der Waals surface area (Å²) in [7, 11) is 1.79. The standard InChI is InChI=1S/C19H27NO/c1-4-20-18(13-12-15(2)21-3)14-17-10-7-9-16-8-5-6-11-19(16)17/h5-11,15,18,20H,4,12-14H2,1-3H3. The lowest BCUT2D eigenvalue weighted by Gasteiger charge is -2.20. The van der Waals surface area contributed by atoms with Gasteiger partial charge in [0.05, 0.1) is 6.10 Å². The first kappa shape index (κ1) is 16.0. The number of rotatable bonds is 8. The molecule has 1 N–H and O–H groups in total. The second kappa shape index (κ2) is 8.16. The normalized spacial score (nSPS) is 14.2. The molecule has 114 valence electrons. The minimum Gasteiger partial charge on any atom is -0.382 e. The number of hydrogen-bond acceptors (Lipinski definition) is 2. The lowest BCUT2D eigenvalue weighted by molar-refractivity contribution is 0.106. The molecule has 0 aliphatic carbocycles. The topological polar surface area (TPSA) is 21.3 Å². The minimum absolute atomic E-state index is 0.332. The van der Waals surface area contributed by atoms with Crippen LogP contribution in [0, 0.1) is 0 Å². The van der Waals surface area contributed by atoms with Crippen LogP contribution in [0.25, 0.3) is 10.8 Å². The number of likely N-dealkylation sites (N-methyl/N-ethyl adjacent to an activating group) is 1. The van der Waals surface area contributed by atoms with Gasteiger partial charge >= 0.3 is 0 Å². The highest BCUT2D eigenvalue weighted by Gasteiger charge is 2.12. The van der Waals surface area contributed by atoms with E-state index in [4.69, 9.17) is 4.74 Å². The summed E-state index contributed by atoms with van der Waals surface area (Å²) in [6.07, 6.45) is 3.65. The molecule has 2 rings (SSSR count). The summed E-state index contributed by atoms with van der Waals surface area (Å²) >= 11 is 0. The minimum atomic E-state index is 0.332. The van der Waals surface area contributed by atoms with Crippen molar-refractivity contribution in [2.24, 2.45) is 0 Å². The zero-order valence-electron chi connectivity index (χ0n) is 13.4. The molecule has 0 fully saturated rings. The molecule has 2 unspecified atom stereocenters. The van der Waals surface area contributed by atoms with Crippen molar-refractivity contribution in [2.75, 3.05) is 13.7 Å². The van der Waals surface area contributed by atoms with Gasteiger partial charge in [-0.15, -0.1) is 0 Å². The molecule has 21 heavy (non-hydrogen) atoms. The molecule has 2 aromatic rings. The Morgan fingerprint density at radius 1 is 1.05 bits per heavy atom. The molecular formula is C19H27NO. The van der Waals surface area contributed by atoms with Gasteiger partial charge in [-0.25, -0.2) is 0 Å². The highest BCUT2D eigenvalue weighted by atomic mass is 16.5. The Balaban J connectivity index is 2.11. The lowest BCUT2D eigenvalue weighted by Crippen LogP contribution is -2.32. The van der Waals surface area contributed by atoms with Crippen LogP contribution in [0.1, 0.15) is 32.3 Å². The van der Waals surface area contributed by atoms with Crippen LogP contribution < -0.4 is 5.32 Å². The predicted molar refractivity (Wildman–Crippen MR) is 90.8 cm³/mol. The molecule has 0 aliphatic rings. The van der Waals surface area contributed by atoms with Gasteiger partial charge in [-0.3, -0.25) is 0 Å². The fraction of sp³-hybridized carbons (Fsp3) is 0.474. The first-order valence-electron chi connectivity index (χ1n) is 7.97. The van der Waals surface area contributed by atoms with Crippen LogP contribution >= 0.6 is 0 Å². The Morgan fingerprint density at radius 2 is 1.81 bits per heavy atom. The molecule has 0 amide bonds. The van der Waals surface area contributed by atoms with Gasteiger partial charge < -0.3 is 10.1 Å². The van der Waals surface area contributed by atoms with Gasteiger partial charge in [0.1, 0.15) is 0 Å². The van der Waals surface area contributed by atoms with Crippen LogP contribution in [-0.4, -0.2) is 25.8 Å². The van der Waals surface area contributed by atoms with Gasteiger partial charge in [0.15, 0.2) is 0 Å². The summed E-state index contributed by atoms with van der Waals surface area (Å²) in [5, 5.41) is 6.33. The fourth-order valence-electron chi connectivity index (χ4n) is 2.85. The molecule has 0 aliphatic heterocycles. The number of benzene rings is 2. The third-order valence-electron chi connectivity index (χ3n) is 4.16. The van der Waals surface area contributed by atoms with Crippen LogP contribution in [0.2, 0.25) is 0 Å². The molecule has 0 saturated heterocycles. The molecule has 0 aromatic heterocycles. The van der Waals surface area contributed by atoms with Crippen molar-refractivity contribution in [3.05, 3.63) is 48.0 Å². The van der Waals surface area contributed by atoms with Gasteiger partial charge in [-0.05, 0) is 49.1 Å². The van der Waals surface area contributed by atoms with Crippen molar-refractivity contribution in [3.63, 3.8) is 0 Å². The maximum atomic E-state index is 5.37. The van der Waals surface area contributed by atoms with E-state index >= 15 is 0 Å². The fourth-order valence-corrected chi connectivity index (χ4v) is 2.85. The van der Waals surface area contributed by atoms with Gasteiger partial charge in [0.2, 0.25) is 0 Å². The molecule has 2 atom stereocenters. The third kappa shape index (κ3) is 4.55. The number of nitrogens with one attached hydrogen (secondary N) is 1.